The summed E-state index contributed by atoms with van der Waals surface area (Å²) in [5, 5.41) is 3.68. The summed E-state index contributed by atoms with van der Waals surface area (Å²) in [5.74, 6) is 0.474. The number of benzene rings is 2. The molecule has 1 N–H and O–H groups in total. The summed E-state index contributed by atoms with van der Waals surface area (Å²) in [4.78, 5) is 13.1. The number of carbonyl (C=O) groups is 1. The lowest BCUT2D eigenvalue weighted by atomic mass is 9.89. The summed E-state index contributed by atoms with van der Waals surface area (Å²) in [6.45, 7) is 2.73. The van der Waals surface area contributed by atoms with E-state index in [-0.39, 0.29) is 22.2 Å². The lowest BCUT2D eigenvalue weighted by molar-refractivity contribution is -0.121. The molecule has 6 heteroatoms. The minimum atomic E-state index is -3.68. The molecule has 0 spiro atoms. The van der Waals surface area contributed by atoms with Gasteiger partial charge in [-0.1, -0.05) is 55.2 Å². The van der Waals surface area contributed by atoms with E-state index in [2.05, 4.69) is 5.32 Å². The van der Waals surface area contributed by atoms with Crippen molar-refractivity contribution in [2.45, 2.75) is 55.4 Å². The van der Waals surface area contributed by atoms with Gasteiger partial charge >= 0.3 is 0 Å². The normalized spacial score (nSPS) is 15.4. The molecular formula is C24H28N2O3S. The van der Waals surface area contributed by atoms with Crippen LogP contribution in [0.5, 0.6) is 0 Å². The molecule has 1 amide bonds. The second kappa shape index (κ2) is 8.64. The van der Waals surface area contributed by atoms with Crippen LogP contribution in [-0.2, 0) is 21.2 Å². The fourth-order valence-electron chi connectivity index (χ4n) is 4.26. The van der Waals surface area contributed by atoms with Gasteiger partial charge in [-0.3, -0.25) is 4.79 Å². The number of sulfone groups is 1. The van der Waals surface area contributed by atoms with Crippen molar-refractivity contribution in [1.29, 1.82) is 0 Å². The van der Waals surface area contributed by atoms with E-state index >= 15 is 0 Å². The average molecular weight is 425 g/mol. The SMILES string of the molecule is Cc1ccc(S(=O)(=O)c2cn(CC(=O)NCC3CCCCC3)c3ccccc23)cc1. The van der Waals surface area contributed by atoms with Crippen LogP contribution in [0.3, 0.4) is 0 Å². The fraction of sp³-hybridized carbons (Fsp3) is 0.375. The van der Waals surface area contributed by atoms with Gasteiger partial charge in [-0.05, 0) is 43.9 Å². The third-order valence-corrected chi connectivity index (χ3v) is 7.80. The molecule has 158 valence electrons. The van der Waals surface area contributed by atoms with Crippen molar-refractivity contribution < 1.29 is 13.2 Å². The van der Waals surface area contributed by atoms with Gasteiger partial charge in [0.05, 0.1) is 9.79 Å². The topological polar surface area (TPSA) is 68.2 Å². The molecule has 1 saturated carbocycles. The molecule has 0 radical (unpaired) electrons. The highest BCUT2D eigenvalue weighted by Crippen LogP contribution is 2.30. The maximum Gasteiger partial charge on any atom is 0.239 e. The Kier molecular flexibility index (Phi) is 5.95. The Morgan fingerprint density at radius 2 is 1.73 bits per heavy atom. The molecule has 1 heterocycles. The maximum absolute atomic E-state index is 13.3. The molecule has 1 fully saturated rings. The number of amides is 1. The van der Waals surface area contributed by atoms with Crippen LogP contribution in [0.1, 0.15) is 37.7 Å². The van der Waals surface area contributed by atoms with Gasteiger partial charge in [0.15, 0.2) is 0 Å². The second-order valence-electron chi connectivity index (χ2n) is 8.26. The molecule has 0 unspecified atom stereocenters. The van der Waals surface area contributed by atoms with E-state index in [1.807, 2.05) is 25.1 Å². The number of aryl methyl sites for hydroxylation is 1. The lowest BCUT2D eigenvalue weighted by Gasteiger charge is -2.21. The van der Waals surface area contributed by atoms with Gasteiger partial charge in [-0.15, -0.1) is 0 Å². The molecule has 4 rings (SSSR count). The van der Waals surface area contributed by atoms with E-state index < -0.39 is 9.84 Å². The number of nitrogens with one attached hydrogen (secondary N) is 1. The van der Waals surface area contributed by atoms with Crippen LogP contribution >= 0.6 is 0 Å². The van der Waals surface area contributed by atoms with E-state index in [0.717, 1.165) is 11.1 Å². The Labute approximate surface area is 178 Å². The number of aromatic nitrogens is 1. The molecule has 1 aliphatic rings. The summed E-state index contributed by atoms with van der Waals surface area (Å²) in [7, 11) is -3.68. The number of fused-ring (bicyclic) bond motifs is 1. The summed E-state index contributed by atoms with van der Waals surface area (Å²) in [5.41, 5.74) is 1.75. The highest BCUT2D eigenvalue weighted by molar-refractivity contribution is 7.91. The van der Waals surface area contributed by atoms with Gasteiger partial charge < -0.3 is 9.88 Å². The Balaban J connectivity index is 1.59. The predicted octanol–water partition coefficient (Wildman–Crippen LogP) is 4.48. The van der Waals surface area contributed by atoms with Crippen molar-refractivity contribution in [3.63, 3.8) is 0 Å². The fourth-order valence-corrected chi connectivity index (χ4v) is 5.74. The van der Waals surface area contributed by atoms with Crippen LogP contribution in [-0.4, -0.2) is 25.4 Å². The largest absolute Gasteiger partial charge is 0.354 e. The third kappa shape index (κ3) is 4.29. The molecule has 30 heavy (non-hydrogen) atoms. The Morgan fingerprint density at radius 3 is 2.47 bits per heavy atom. The molecule has 1 aromatic heterocycles. The van der Waals surface area contributed by atoms with Crippen molar-refractivity contribution in [2.24, 2.45) is 5.92 Å². The molecule has 0 saturated heterocycles. The van der Waals surface area contributed by atoms with Crippen LogP contribution in [0, 0.1) is 12.8 Å². The second-order valence-corrected chi connectivity index (χ2v) is 10.2. The Morgan fingerprint density at radius 1 is 1.03 bits per heavy atom. The van der Waals surface area contributed by atoms with Gasteiger partial charge in [0, 0.05) is 23.6 Å². The predicted molar refractivity (Wildman–Crippen MR) is 118 cm³/mol. The zero-order valence-electron chi connectivity index (χ0n) is 17.3. The average Bonchev–Trinajstić information content (AvgIpc) is 3.13. The van der Waals surface area contributed by atoms with Gasteiger partial charge in [0.2, 0.25) is 15.7 Å². The van der Waals surface area contributed by atoms with E-state index in [0.29, 0.717) is 17.8 Å². The van der Waals surface area contributed by atoms with Crippen LogP contribution < -0.4 is 5.32 Å². The highest BCUT2D eigenvalue weighted by Gasteiger charge is 2.24. The summed E-state index contributed by atoms with van der Waals surface area (Å²) < 4.78 is 28.3. The molecular weight excluding hydrogens is 396 g/mol. The quantitative estimate of drug-likeness (QED) is 0.634. The smallest absolute Gasteiger partial charge is 0.239 e. The third-order valence-electron chi connectivity index (χ3n) is 6.00. The molecule has 3 aromatic rings. The van der Waals surface area contributed by atoms with Crippen molar-refractivity contribution >= 4 is 26.6 Å². The lowest BCUT2D eigenvalue weighted by Crippen LogP contribution is -2.32. The molecule has 1 aliphatic carbocycles. The van der Waals surface area contributed by atoms with Crippen LogP contribution in [0.2, 0.25) is 0 Å². The van der Waals surface area contributed by atoms with Crippen molar-refractivity contribution in [3.05, 3.63) is 60.3 Å². The van der Waals surface area contributed by atoms with E-state index in [4.69, 9.17) is 0 Å². The molecule has 0 bridgehead atoms. The van der Waals surface area contributed by atoms with Gasteiger partial charge in [-0.2, -0.15) is 0 Å². The van der Waals surface area contributed by atoms with E-state index in [9.17, 15) is 13.2 Å². The Bertz CT molecular complexity index is 1140. The minimum Gasteiger partial charge on any atom is -0.354 e. The maximum atomic E-state index is 13.3. The summed E-state index contributed by atoms with van der Waals surface area (Å²) in [6, 6.07) is 14.2. The van der Waals surface area contributed by atoms with Crippen LogP contribution in [0.25, 0.3) is 10.9 Å². The zero-order valence-corrected chi connectivity index (χ0v) is 18.1. The number of hydrogen-bond donors (Lipinski definition) is 1. The molecule has 0 atom stereocenters. The van der Waals surface area contributed by atoms with E-state index in [1.54, 1.807) is 41.1 Å². The summed E-state index contributed by atoms with van der Waals surface area (Å²) >= 11 is 0. The van der Waals surface area contributed by atoms with Crippen molar-refractivity contribution in [1.82, 2.24) is 9.88 Å². The van der Waals surface area contributed by atoms with Crippen molar-refractivity contribution in [3.8, 4) is 0 Å². The van der Waals surface area contributed by atoms with Gasteiger partial charge in [-0.25, -0.2) is 8.42 Å². The summed E-state index contributed by atoms with van der Waals surface area (Å²) in [6.07, 6.45) is 7.71. The number of para-hydroxylation sites is 1. The van der Waals surface area contributed by atoms with Crippen LogP contribution in [0.4, 0.5) is 0 Å². The molecule has 0 aliphatic heterocycles. The molecule has 5 nitrogen and oxygen atoms in total. The van der Waals surface area contributed by atoms with Gasteiger partial charge in [0.25, 0.3) is 0 Å². The van der Waals surface area contributed by atoms with Gasteiger partial charge in [0.1, 0.15) is 6.54 Å². The first-order valence-electron chi connectivity index (χ1n) is 10.6. The number of rotatable bonds is 6. The van der Waals surface area contributed by atoms with Crippen LogP contribution in [0.15, 0.2) is 64.5 Å². The zero-order chi connectivity index (χ0) is 21.1. The highest BCUT2D eigenvalue weighted by atomic mass is 32.2. The monoisotopic (exact) mass is 424 g/mol. The van der Waals surface area contributed by atoms with Crippen molar-refractivity contribution in [2.75, 3.05) is 6.54 Å². The standard InChI is InChI=1S/C24H28N2O3S/c1-18-11-13-20(14-12-18)30(28,29)23-16-26(22-10-6-5-9-21(22)23)17-24(27)25-15-19-7-3-2-4-8-19/h5-6,9-14,16,19H,2-4,7-8,15,17H2,1H3,(H,25,27). The minimum absolute atomic E-state index is 0.0828. The first-order chi connectivity index (χ1) is 14.4. The number of carbonyl (C=O) groups excluding carboxylic acids is 1. The molecule has 2 aromatic carbocycles. The Hall–Kier alpha value is -2.60. The van der Waals surface area contributed by atoms with E-state index in [1.165, 1.54) is 32.1 Å². The first-order valence-corrected chi connectivity index (χ1v) is 12.1. The first kappa shape index (κ1) is 20.7. The number of hydrogen-bond acceptors (Lipinski definition) is 3. The number of nitrogens with zero attached hydrogens (tertiary/aromatic N) is 1.